The number of rotatable bonds is 6. The van der Waals surface area contributed by atoms with Crippen LogP contribution in [0.1, 0.15) is 12.8 Å². The molecule has 9 heteroatoms. The Morgan fingerprint density at radius 2 is 2.08 bits per heavy atom. The third-order valence-electron chi connectivity index (χ3n) is 4.13. The number of carbonyl (C=O) groups excluding carboxylic acids is 1. The first-order valence-electron chi connectivity index (χ1n) is 8.32. The molecular formula is C17H18N8O. The van der Waals surface area contributed by atoms with Crippen molar-refractivity contribution in [3.8, 4) is 17.1 Å². The van der Waals surface area contributed by atoms with Crippen LogP contribution in [0.4, 0.5) is 0 Å². The van der Waals surface area contributed by atoms with Crippen molar-refractivity contribution in [2.45, 2.75) is 19.4 Å². The van der Waals surface area contributed by atoms with Crippen LogP contribution in [0.25, 0.3) is 22.7 Å². The van der Waals surface area contributed by atoms with Crippen molar-refractivity contribution in [2.75, 3.05) is 7.05 Å². The Morgan fingerprint density at radius 1 is 1.15 bits per heavy atom. The molecule has 0 aliphatic heterocycles. The molecule has 4 heterocycles. The van der Waals surface area contributed by atoms with Gasteiger partial charge in [0, 0.05) is 51.0 Å². The molecule has 26 heavy (non-hydrogen) atoms. The zero-order valence-corrected chi connectivity index (χ0v) is 14.3. The summed E-state index contributed by atoms with van der Waals surface area (Å²) >= 11 is 0. The van der Waals surface area contributed by atoms with Crippen molar-refractivity contribution in [1.82, 2.24) is 39.2 Å². The predicted molar refractivity (Wildman–Crippen MR) is 94.6 cm³/mol. The van der Waals surface area contributed by atoms with E-state index >= 15 is 0 Å². The molecule has 0 bridgehead atoms. The molecule has 0 atom stereocenters. The van der Waals surface area contributed by atoms with Gasteiger partial charge >= 0.3 is 0 Å². The van der Waals surface area contributed by atoms with E-state index in [-0.39, 0.29) is 5.91 Å². The van der Waals surface area contributed by atoms with Gasteiger partial charge in [-0.15, -0.1) is 0 Å². The summed E-state index contributed by atoms with van der Waals surface area (Å²) in [6.45, 7) is 0.676. The van der Waals surface area contributed by atoms with E-state index in [0.717, 1.165) is 29.1 Å². The van der Waals surface area contributed by atoms with Gasteiger partial charge in [-0.25, -0.2) is 14.5 Å². The second kappa shape index (κ2) is 6.79. The Balaban J connectivity index is 1.59. The van der Waals surface area contributed by atoms with Crippen LogP contribution in [-0.4, -0.2) is 46.9 Å². The van der Waals surface area contributed by atoms with Gasteiger partial charge in [0.15, 0.2) is 5.65 Å². The highest BCUT2D eigenvalue weighted by Gasteiger charge is 2.15. The number of hydrogen-bond donors (Lipinski definition) is 1. The highest BCUT2D eigenvalue weighted by Crippen LogP contribution is 2.24. The number of imidazole rings is 1. The highest BCUT2D eigenvalue weighted by molar-refractivity contribution is 5.75. The number of aromatic nitrogens is 7. The Kier molecular flexibility index (Phi) is 4.18. The first kappa shape index (κ1) is 16.0. The van der Waals surface area contributed by atoms with Gasteiger partial charge in [0.1, 0.15) is 5.82 Å². The van der Waals surface area contributed by atoms with Gasteiger partial charge in [0.05, 0.1) is 23.6 Å². The SMILES string of the molecule is CNC(=O)CCCn1cc(-n2ccnc2-c2cnn3cccnc23)cn1. The Morgan fingerprint density at radius 3 is 2.96 bits per heavy atom. The van der Waals surface area contributed by atoms with E-state index in [0.29, 0.717) is 13.0 Å². The van der Waals surface area contributed by atoms with Gasteiger partial charge in [-0.1, -0.05) is 0 Å². The Hall–Kier alpha value is -3.49. The molecule has 0 saturated heterocycles. The normalized spacial score (nSPS) is 11.1. The van der Waals surface area contributed by atoms with Gasteiger partial charge in [0.2, 0.25) is 5.91 Å². The highest BCUT2D eigenvalue weighted by atomic mass is 16.1. The summed E-state index contributed by atoms with van der Waals surface area (Å²) in [5, 5.41) is 11.3. The number of hydrogen-bond acceptors (Lipinski definition) is 5. The summed E-state index contributed by atoms with van der Waals surface area (Å²) in [5.74, 6) is 0.790. The lowest BCUT2D eigenvalue weighted by Crippen LogP contribution is -2.17. The fraction of sp³-hybridized carbons (Fsp3) is 0.235. The third-order valence-corrected chi connectivity index (χ3v) is 4.13. The van der Waals surface area contributed by atoms with E-state index in [9.17, 15) is 4.79 Å². The molecule has 0 unspecified atom stereocenters. The van der Waals surface area contributed by atoms with Gasteiger partial charge in [-0.2, -0.15) is 10.2 Å². The van der Waals surface area contributed by atoms with Crippen molar-refractivity contribution >= 4 is 11.6 Å². The van der Waals surface area contributed by atoms with Crippen LogP contribution in [-0.2, 0) is 11.3 Å². The number of aryl methyl sites for hydroxylation is 1. The molecule has 1 N–H and O–H groups in total. The third kappa shape index (κ3) is 2.94. The number of nitrogens with one attached hydrogen (secondary N) is 1. The minimum Gasteiger partial charge on any atom is -0.359 e. The lowest BCUT2D eigenvalue weighted by molar-refractivity contribution is -0.120. The Bertz CT molecular complexity index is 1040. The minimum absolute atomic E-state index is 0.0369. The number of carbonyl (C=O) groups is 1. The second-order valence-corrected chi connectivity index (χ2v) is 5.81. The maximum Gasteiger partial charge on any atom is 0.219 e. The molecule has 0 fully saturated rings. The van der Waals surface area contributed by atoms with Gasteiger partial charge in [-0.3, -0.25) is 14.0 Å². The molecule has 0 aliphatic rings. The largest absolute Gasteiger partial charge is 0.359 e. The summed E-state index contributed by atoms with van der Waals surface area (Å²) in [7, 11) is 1.64. The van der Waals surface area contributed by atoms with Crippen LogP contribution < -0.4 is 5.32 Å². The van der Waals surface area contributed by atoms with Crippen LogP contribution in [0.15, 0.2) is 49.4 Å². The quantitative estimate of drug-likeness (QED) is 0.566. The molecule has 0 saturated carbocycles. The van der Waals surface area contributed by atoms with E-state index in [1.54, 1.807) is 36.4 Å². The zero-order chi connectivity index (χ0) is 17.9. The van der Waals surface area contributed by atoms with Gasteiger partial charge < -0.3 is 5.32 Å². The Labute approximate surface area is 149 Å². The molecule has 4 aromatic rings. The average Bonchev–Trinajstić information content (AvgIpc) is 3.39. The van der Waals surface area contributed by atoms with E-state index in [4.69, 9.17) is 0 Å². The first-order valence-corrected chi connectivity index (χ1v) is 8.32. The van der Waals surface area contributed by atoms with E-state index in [1.807, 2.05) is 33.9 Å². The number of fused-ring (bicyclic) bond motifs is 1. The lowest BCUT2D eigenvalue weighted by atomic mass is 10.3. The zero-order valence-electron chi connectivity index (χ0n) is 14.3. The van der Waals surface area contributed by atoms with E-state index in [2.05, 4.69) is 25.5 Å². The van der Waals surface area contributed by atoms with Crippen molar-refractivity contribution in [3.63, 3.8) is 0 Å². The minimum atomic E-state index is 0.0369. The lowest BCUT2D eigenvalue weighted by Gasteiger charge is -2.04. The van der Waals surface area contributed by atoms with Gasteiger partial charge in [0.25, 0.3) is 0 Å². The van der Waals surface area contributed by atoms with Crippen LogP contribution in [0.3, 0.4) is 0 Å². The maximum absolute atomic E-state index is 11.3. The summed E-state index contributed by atoms with van der Waals surface area (Å²) in [4.78, 5) is 20.2. The smallest absolute Gasteiger partial charge is 0.219 e. The topological polar surface area (TPSA) is 94.9 Å². The van der Waals surface area contributed by atoms with Crippen molar-refractivity contribution < 1.29 is 4.79 Å². The van der Waals surface area contributed by atoms with E-state index in [1.165, 1.54) is 0 Å². The standard InChI is InChI=1S/C17H18N8O/c1-18-15(26)4-2-7-23-12-13(10-21-23)24-9-6-20-16(24)14-11-22-25-8-3-5-19-17(14)25/h3,5-6,8-12H,2,4,7H2,1H3,(H,18,26). The predicted octanol–water partition coefficient (Wildman–Crippen LogP) is 1.30. The van der Waals surface area contributed by atoms with E-state index < -0.39 is 0 Å². The maximum atomic E-state index is 11.3. The number of nitrogens with zero attached hydrogens (tertiary/aromatic N) is 7. The monoisotopic (exact) mass is 350 g/mol. The van der Waals surface area contributed by atoms with Gasteiger partial charge in [-0.05, 0) is 12.5 Å². The molecule has 0 aromatic carbocycles. The van der Waals surface area contributed by atoms with Crippen molar-refractivity contribution in [1.29, 1.82) is 0 Å². The molecule has 0 radical (unpaired) electrons. The second-order valence-electron chi connectivity index (χ2n) is 5.81. The molecule has 4 aromatic heterocycles. The summed E-state index contributed by atoms with van der Waals surface area (Å²) in [6, 6.07) is 1.83. The average molecular weight is 350 g/mol. The molecule has 1 amide bonds. The van der Waals surface area contributed by atoms with Crippen LogP contribution in [0, 0.1) is 0 Å². The fourth-order valence-electron chi connectivity index (χ4n) is 2.82. The molecule has 4 rings (SSSR count). The van der Waals surface area contributed by atoms with Crippen molar-refractivity contribution in [2.24, 2.45) is 0 Å². The summed E-state index contributed by atoms with van der Waals surface area (Å²) in [5.41, 5.74) is 2.49. The summed E-state index contributed by atoms with van der Waals surface area (Å²) in [6.07, 6.45) is 13.9. The van der Waals surface area contributed by atoms with Crippen molar-refractivity contribution in [3.05, 3.63) is 49.4 Å². The molecule has 132 valence electrons. The number of amides is 1. The molecule has 0 spiro atoms. The van der Waals surface area contributed by atoms with Crippen LogP contribution >= 0.6 is 0 Å². The molecular weight excluding hydrogens is 332 g/mol. The molecule has 0 aliphatic carbocycles. The first-order chi connectivity index (χ1) is 12.8. The van der Waals surface area contributed by atoms with Crippen LogP contribution in [0.5, 0.6) is 0 Å². The fourth-order valence-corrected chi connectivity index (χ4v) is 2.82. The summed E-state index contributed by atoms with van der Waals surface area (Å²) < 4.78 is 5.50. The van der Waals surface area contributed by atoms with Crippen LogP contribution in [0.2, 0.25) is 0 Å². The molecule has 9 nitrogen and oxygen atoms in total.